The van der Waals surface area contributed by atoms with Crippen molar-refractivity contribution in [2.24, 2.45) is 0 Å². The van der Waals surface area contributed by atoms with Gasteiger partial charge in [-0.2, -0.15) is 0 Å². The molecule has 1 fully saturated rings. The minimum atomic E-state index is -0.390. The predicted molar refractivity (Wildman–Crippen MR) is 46.7 cm³/mol. The lowest BCUT2D eigenvalue weighted by Gasteiger charge is -2.27. The van der Waals surface area contributed by atoms with E-state index in [4.69, 9.17) is 0 Å². The Morgan fingerprint density at radius 3 is 2.75 bits per heavy atom. The molecule has 0 aromatic carbocycles. The van der Waals surface area contributed by atoms with E-state index < -0.39 is 0 Å². The van der Waals surface area contributed by atoms with E-state index in [1.165, 1.54) is 0 Å². The van der Waals surface area contributed by atoms with Gasteiger partial charge in [-0.3, -0.25) is 9.69 Å². The summed E-state index contributed by atoms with van der Waals surface area (Å²) in [6.45, 7) is 4.44. The molecule has 0 spiro atoms. The van der Waals surface area contributed by atoms with E-state index in [-0.39, 0.29) is 18.1 Å². The van der Waals surface area contributed by atoms with Crippen molar-refractivity contribution < 1.29 is 9.90 Å². The summed E-state index contributed by atoms with van der Waals surface area (Å²) in [5, 5.41) is 9.51. The van der Waals surface area contributed by atoms with Crippen LogP contribution in [0.4, 0.5) is 0 Å². The number of ketones is 1. The number of hydrogen-bond acceptors (Lipinski definition) is 3. The van der Waals surface area contributed by atoms with Gasteiger partial charge in [0.25, 0.3) is 0 Å². The lowest BCUT2D eigenvalue weighted by Crippen LogP contribution is -2.42. The molecule has 0 bridgehead atoms. The molecule has 1 rings (SSSR count). The van der Waals surface area contributed by atoms with Crippen LogP contribution in [-0.2, 0) is 4.79 Å². The molecule has 2 unspecified atom stereocenters. The number of Topliss-reactive ketones (excluding diaryl/α,β-unsaturated/α-hetero) is 1. The van der Waals surface area contributed by atoms with Gasteiger partial charge in [-0.15, -0.1) is 0 Å². The second-order valence-electron chi connectivity index (χ2n) is 3.40. The van der Waals surface area contributed by atoms with E-state index in [0.717, 1.165) is 25.8 Å². The van der Waals surface area contributed by atoms with Crippen molar-refractivity contribution in [3.05, 3.63) is 0 Å². The molecule has 12 heavy (non-hydrogen) atoms. The number of carbonyl (C=O) groups excluding carboxylic acids is 1. The van der Waals surface area contributed by atoms with Crippen LogP contribution in [0.3, 0.4) is 0 Å². The summed E-state index contributed by atoms with van der Waals surface area (Å²) < 4.78 is 0. The zero-order valence-electron chi connectivity index (χ0n) is 7.79. The van der Waals surface area contributed by atoms with E-state index in [2.05, 4.69) is 0 Å². The molecule has 3 heteroatoms. The van der Waals surface area contributed by atoms with Crippen molar-refractivity contribution in [3.63, 3.8) is 0 Å². The Hall–Kier alpha value is -0.410. The Labute approximate surface area is 73.4 Å². The molecule has 1 saturated heterocycles. The number of carbonyl (C=O) groups is 1. The summed E-state index contributed by atoms with van der Waals surface area (Å²) in [5.41, 5.74) is 0. The summed E-state index contributed by atoms with van der Waals surface area (Å²) in [4.78, 5) is 13.1. The summed E-state index contributed by atoms with van der Waals surface area (Å²) in [5.74, 6) is 0.165. The van der Waals surface area contributed by atoms with Crippen LogP contribution < -0.4 is 0 Å². The summed E-state index contributed by atoms with van der Waals surface area (Å²) >= 11 is 0. The molecule has 1 aliphatic rings. The molecule has 0 aromatic rings. The van der Waals surface area contributed by atoms with Crippen LogP contribution in [0, 0.1) is 0 Å². The number of aliphatic hydroxyl groups excluding tert-OH is 1. The monoisotopic (exact) mass is 171 g/mol. The minimum Gasteiger partial charge on any atom is -0.378 e. The maximum atomic E-state index is 11.2. The molecule has 0 saturated carbocycles. The fraction of sp³-hybridized carbons (Fsp3) is 0.889. The molecule has 0 radical (unpaired) electrons. The summed E-state index contributed by atoms with van der Waals surface area (Å²) in [6.07, 6.45) is 2.22. The van der Waals surface area contributed by atoms with Crippen LogP contribution in [0.15, 0.2) is 0 Å². The first-order valence-corrected chi connectivity index (χ1v) is 4.61. The van der Waals surface area contributed by atoms with E-state index in [9.17, 15) is 9.90 Å². The van der Waals surface area contributed by atoms with E-state index in [0.29, 0.717) is 0 Å². The van der Waals surface area contributed by atoms with Gasteiger partial charge in [0, 0.05) is 6.54 Å². The van der Waals surface area contributed by atoms with Gasteiger partial charge in [-0.1, -0.05) is 6.92 Å². The van der Waals surface area contributed by atoms with Crippen molar-refractivity contribution in [2.45, 2.75) is 45.4 Å². The Kier molecular flexibility index (Phi) is 3.23. The number of aliphatic hydroxyl groups is 1. The average Bonchev–Trinajstić information content (AvgIpc) is 2.38. The first kappa shape index (κ1) is 9.68. The van der Waals surface area contributed by atoms with Crippen molar-refractivity contribution in [3.8, 4) is 0 Å². The first-order chi connectivity index (χ1) is 5.66. The van der Waals surface area contributed by atoms with Crippen LogP contribution in [0.5, 0.6) is 0 Å². The molecule has 0 amide bonds. The number of likely N-dealkylation sites (tertiary alicyclic amines) is 1. The van der Waals surface area contributed by atoms with Gasteiger partial charge in [0.05, 0.1) is 6.04 Å². The van der Waals surface area contributed by atoms with Crippen LogP contribution in [0.1, 0.15) is 33.1 Å². The maximum Gasteiger partial charge on any atom is 0.146 e. The molecule has 3 nitrogen and oxygen atoms in total. The smallest absolute Gasteiger partial charge is 0.146 e. The molecular weight excluding hydrogens is 154 g/mol. The van der Waals surface area contributed by atoms with Crippen LogP contribution in [0.25, 0.3) is 0 Å². The van der Waals surface area contributed by atoms with Gasteiger partial charge in [-0.05, 0) is 26.2 Å². The van der Waals surface area contributed by atoms with Crippen LogP contribution >= 0.6 is 0 Å². The normalized spacial score (nSPS) is 27.4. The Balaban J connectivity index is 2.58. The van der Waals surface area contributed by atoms with Gasteiger partial charge < -0.3 is 5.11 Å². The van der Waals surface area contributed by atoms with E-state index in [1.54, 1.807) is 6.92 Å². The maximum absolute atomic E-state index is 11.2. The van der Waals surface area contributed by atoms with Gasteiger partial charge in [0.15, 0.2) is 0 Å². The highest BCUT2D eigenvalue weighted by molar-refractivity contribution is 5.81. The summed E-state index contributed by atoms with van der Waals surface area (Å²) in [7, 11) is 0. The predicted octanol–water partition coefficient (Wildman–Crippen LogP) is 0.768. The fourth-order valence-corrected chi connectivity index (χ4v) is 1.89. The SMILES string of the molecule is CCC(C(C)=O)N1CCCC1O. The highest BCUT2D eigenvalue weighted by Gasteiger charge is 2.30. The lowest BCUT2D eigenvalue weighted by molar-refractivity contribution is -0.125. The van der Waals surface area contributed by atoms with Crippen molar-refractivity contribution in [1.82, 2.24) is 4.90 Å². The third-order valence-electron chi connectivity index (χ3n) is 2.52. The lowest BCUT2D eigenvalue weighted by atomic mass is 10.1. The molecule has 0 aliphatic carbocycles. The topological polar surface area (TPSA) is 40.5 Å². The Bertz CT molecular complexity index is 170. The van der Waals surface area contributed by atoms with Gasteiger partial charge in [-0.25, -0.2) is 0 Å². The van der Waals surface area contributed by atoms with Crippen molar-refractivity contribution in [1.29, 1.82) is 0 Å². The summed E-state index contributed by atoms with van der Waals surface area (Å²) in [6, 6.07) is -0.0671. The molecule has 0 aromatic heterocycles. The van der Waals surface area contributed by atoms with E-state index >= 15 is 0 Å². The quantitative estimate of drug-likeness (QED) is 0.681. The number of hydrogen-bond donors (Lipinski definition) is 1. The molecular formula is C9H17NO2. The average molecular weight is 171 g/mol. The fourth-order valence-electron chi connectivity index (χ4n) is 1.89. The third-order valence-corrected chi connectivity index (χ3v) is 2.52. The molecule has 1 N–H and O–H groups in total. The zero-order valence-corrected chi connectivity index (χ0v) is 7.79. The number of nitrogens with zero attached hydrogens (tertiary/aromatic N) is 1. The van der Waals surface area contributed by atoms with Crippen LogP contribution in [0.2, 0.25) is 0 Å². The molecule has 1 aliphatic heterocycles. The third kappa shape index (κ3) is 1.84. The molecule has 2 atom stereocenters. The standard InChI is InChI=1S/C9H17NO2/c1-3-8(7(2)11)10-6-4-5-9(10)12/h8-9,12H,3-6H2,1-2H3. The molecule has 70 valence electrons. The highest BCUT2D eigenvalue weighted by atomic mass is 16.3. The van der Waals surface area contributed by atoms with Gasteiger partial charge in [0.1, 0.15) is 12.0 Å². The molecule has 1 heterocycles. The largest absolute Gasteiger partial charge is 0.378 e. The van der Waals surface area contributed by atoms with Crippen molar-refractivity contribution >= 4 is 5.78 Å². The van der Waals surface area contributed by atoms with Gasteiger partial charge in [0.2, 0.25) is 0 Å². The zero-order chi connectivity index (χ0) is 9.14. The number of rotatable bonds is 3. The van der Waals surface area contributed by atoms with Gasteiger partial charge >= 0.3 is 0 Å². The van der Waals surface area contributed by atoms with Crippen LogP contribution in [-0.4, -0.2) is 34.6 Å². The second kappa shape index (κ2) is 4.01. The van der Waals surface area contributed by atoms with Crippen molar-refractivity contribution in [2.75, 3.05) is 6.54 Å². The Morgan fingerprint density at radius 2 is 2.42 bits per heavy atom. The highest BCUT2D eigenvalue weighted by Crippen LogP contribution is 2.19. The Morgan fingerprint density at radius 1 is 1.75 bits per heavy atom. The van der Waals surface area contributed by atoms with E-state index in [1.807, 2.05) is 11.8 Å². The minimum absolute atomic E-state index is 0.0671. The first-order valence-electron chi connectivity index (χ1n) is 4.61. The second-order valence-corrected chi connectivity index (χ2v) is 3.40.